The van der Waals surface area contributed by atoms with Gasteiger partial charge in [-0.15, -0.1) is 0 Å². The molecule has 2 amide bonds. The first-order valence-electron chi connectivity index (χ1n) is 7.86. The Morgan fingerprint density at radius 3 is 2.50 bits per heavy atom. The van der Waals surface area contributed by atoms with E-state index >= 15 is 0 Å². The second-order valence-corrected chi connectivity index (χ2v) is 12.2. The third-order valence-electron chi connectivity index (χ3n) is 4.64. The van der Waals surface area contributed by atoms with Crippen LogP contribution in [0.4, 0.5) is 0 Å². The van der Waals surface area contributed by atoms with Crippen LogP contribution in [0.15, 0.2) is 0 Å². The van der Waals surface area contributed by atoms with Gasteiger partial charge in [-0.3, -0.25) is 9.59 Å². The monoisotopic (exact) mass is 330 g/mol. The Hall–Kier alpha value is -0.923. The summed E-state index contributed by atoms with van der Waals surface area (Å²) in [6, 6.07) is -0.683. The van der Waals surface area contributed by atoms with Crippen molar-refractivity contribution in [1.82, 2.24) is 5.32 Å². The van der Waals surface area contributed by atoms with Gasteiger partial charge in [0.2, 0.25) is 11.8 Å². The topological polar surface area (TPSA) is 90.7 Å². The minimum Gasteiger partial charge on any atom is -0.417 e. The molecule has 0 aromatic carbocycles. The highest BCUT2D eigenvalue weighted by Gasteiger charge is 2.37. The van der Waals surface area contributed by atoms with E-state index in [0.717, 1.165) is 0 Å². The van der Waals surface area contributed by atoms with Gasteiger partial charge in [0.25, 0.3) is 0 Å². The molecule has 2 atom stereocenters. The molecule has 3 N–H and O–H groups in total. The predicted octanol–water partition coefficient (Wildman–Crippen LogP) is 1.40. The molecule has 22 heavy (non-hydrogen) atoms. The third kappa shape index (κ3) is 5.37. The van der Waals surface area contributed by atoms with E-state index in [0.29, 0.717) is 32.7 Å². The van der Waals surface area contributed by atoms with Crippen LogP contribution in [0.25, 0.3) is 0 Å². The van der Waals surface area contributed by atoms with Gasteiger partial charge in [0.1, 0.15) is 6.04 Å². The molecule has 7 heteroatoms. The molecular formula is C15H30N2O4Si. The lowest BCUT2D eigenvalue weighted by Gasteiger charge is -2.36. The highest BCUT2D eigenvalue weighted by atomic mass is 28.4. The molecule has 6 nitrogen and oxygen atoms in total. The lowest BCUT2D eigenvalue weighted by atomic mass is 10.1. The first-order chi connectivity index (χ1) is 10.0. The zero-order valence-corrected chi connectivity index (χ0v) is 15.4. The lowest BCUT2D eigenvalue weighted by Crippen LogP contribution is -2.48. The van der Waals surface area contributed by atoms with Crippen LogP contribution < -0.4 is 11.1 Å². The molecule has 0 bridgehead atoms. The van der Waals surface area contributed by atoms with Gasteiger partial charge in [-0.25, -0.2) is 0 Å². The van der Waals surface area contributed by atoms with Crippen LogP contribution in [0.2, 0.25) is 18.1 Å². The summed E-state index contributed by atoms with van der Waals surface area (Å²) in [5, 5.41) is 2.84. The average Bonchev–Trinajstić information content (AvgIpc) is 2.89. The van der Waals surface area contributed by atoms with Crippen molar-refractivity contribution in [2.45, 2.75) is 57.8 Å². The van der Waals surface area contributed by atoms with Crippen LogP contribution in [0.1, 0.15) is 33.6 Å². The molecule has 1 heterocycles. The number of carbonyl (C=O) groups excluding carboxylic acids is 2. The highest BCUT2D eigenvalue weighted by molar-refractivity contribution is 6.74. The molecule has 1 aliphatic rings. The van der Waals surface area contributed by atoms with Gasteiger partial charge in [-0.1, -0.05) is 20.8 Å². The predicted molar refractivity (Wildman–Crippen MR) is 87.8 cm³/mol. The van der Waals surface area contributed by atoms with E-state index in [1.54, 1.807) is 0 Å². The molecule has 1 aliphatic heterocycles. The van der Waals surface area contributed by atoms with Gasteiger partial charge in [0.05, 0.1) is 12.5 Å². The van der Waals surface area contributed by atoms with Crippen molar-refractivity contribution in [2.75, 3.05) is 19.8 Å². The van der Waals surface area contributed by atoms with Gasteiger partial charge < -0.3 is 20.2 Å². The summed E-state index contributed by atoms with van der Waals surface area (Å²) in [5.41, 5.74) is 5.39. The number of nitrogens with one attached hydrogen (secondary N) is 1. The number of rotatable bonds is 7. The third-order valence-corrected chi connectivity index (χ3v) is 9.17. The van der Waals surface area contributed by atoms with E-state index in [1.165, 1.54) is 0 Å². The zero-order chi connectivity index (χ0) is 17.0. The molecule has 128 valence electrons. The molecule has 1 fully saturated rings. The number of hydrogen-bond donors (Lipinski definition) is 2. The number of nitrogens with two attached hydrogens (primary N) is 1. The maximum atomic E-state index is 12.0. The quantitative estimate of drug-likeness (QED) is 0.690. The van der Waals surface area contributed by atoms with Crippen LogP contribution in [0.5, 0.6) is 0 Å². The fourth-order valence-corrected chi connectivity index (χ4v) is 3.03. The fourth-order valence-electron chi connectivity index (χ4n) is 1.96. The number of carbonyl (C=O) groups is 2. The maximum absolute atomic E-state index is 12.0. The number of amides is 2. The first kappa shape index (κ1) is 19.1. The van der Waals surface area contributed by atoms with Gasteiger partial charge in [-0.05, 0) is 31.0 Å². The standard InChI is InChI=1S/C15H30N2O4Si/c1-15(2,3)22(4,5)21-9-7-12(13(16)18)17-14(19)11-6-8-20-10-11/h11-12H,6-10H2,1-5H3,(H2,16,18)(H,17,19)/t11-,12-/m1/s1. The summed E-state index contributed by atoms with van der Waals surface area (Å²) in [5.74, 6) is -0.858. The minimum atomic E-state index is -1.86. The summed E-state index contributed by atoms with van der Waals surface area (Å²) in [4.78, 5) is 23.6. The number of primary amides is 1. The van der Waals surface area contributed by atoms with Gasteiger partial charge in [-0.2, -0.15) is 0 Å². The van der Waals surface area contributed by atoms with Crippen molar-refractivity contribution in [3.05, 3.63) is 0 Å². The molecule has 0 aliphatic carbocycles. The van der Waals surface area contributed by atoms with Gasteiger partial charge >= 0.3 is 0 Å². The van der Waals surface area contributed by atoms with Crippen LogP contribution in [0, 0.1) is 5.92 Å². The first-order valence-corrected chi connectivity index (χ1v) is 10.8. The maximum Gasteiger partial charge on any atom is 0.240 e. The number of hydrogen-bond acceptors (Lipinski definition) is 4. The Morgan fingerprint density at radius 2 is 2.05 bits per heavy atom. The number of ether oxygens (including phenoxy) is 1. The molecule has 1 saturated heterocycles. The van der Waals surface area contributed by atoms with Gasteiger partial charge in [0, 0.05) is 13.2 Å². The van der Waals surface area contributed by atoms with Crippen molar-refractivity contribution in [2.24, 2.45) is 11.7 Å². The van der Waals surface area contributed by atoms with Crippen molar-refractivity contribution in [3.63, 3.8) is 0 Å². The summed E-state index contributed by atoms with van der Waals surface area (Å²) >= 11 is 0. The summed E-state index contributed by atoms with van der Waals surface area (Å²) in [6.07, 6.45) is 1.10. The van der Waals surface area contributed by atoms with Crippen LogP contribution in [-0.2, 0) is 18.8 Å². The molecule has 0 unspecified atom stereocenters. The minimum absolute atomic E-state index is 0.111. The van der Waals surface area contributed by atoms with E-state index < -0.39 is 20.3 Å². The van der Waals surface area contributed by atoms with Crippen molar-refractivity contribution < 1.29 is 18.8 Å². The molecule has 0 aromatic heterocycles. The molecular weight excluding hydrogens is 300 g/mol. The SMILES string of the molecule is CC(C)(C)[Si](C)(C)OCC[C@@H](NC(=O)[C@@H]1CCOC1)C(N)=O. The normalized spacial score (nSPS) is 20.7. The second kappa shape index (κ2) is 7.57. The van der Waals surface area contributed by atoms with E-state index in [-0.39, 0.29) is 16.9 Å². The van der Waals surface area contributed by atoms with E-state index in [4.69, 9.17) is 14.9 Å². The molecule has 0 aromatic rings. The van der Waals surface area contributed by atoms with Crippen molar-refractivity contribution >= 4 is 20.1 Å². The van der Waals surface area contributed by atoms with E-state index in [9.17, 15) is 9.59 Å². The molecule has 0 radical (unpaired) electrons. The van der Waals surface area contributed by atoms with Crippen LogP contribution >= 0.6 is 0 Å². The largest absolute Gasteiger partial charge is 0.417 e. The van der Waals surface area contributed by atoms with Gasteiger partial charge in [0.15, 0.2) is 8.32 Å². The Balaban J connectivity index is 2.48. The van der Waals surface area contributed by atoms with Crippen LogP contribution in [0.3, 0.4) is 0 Å². The zero-order valence-electron chi connectivity index (χ0n) is 14.4. The van der Waals surface area contributed by atoms with E-state index in [1.807, 2.05) is 0 Å². The average molecular weight is 331 g/mol. The summed E-state index contributed by atoms with van der Waals surface area (Å²) in [6.45, 7) is 12.2. The summed E-state index contributed by atoms with van der Waals surface area (Å²) < 4.78 is 11.2. The Morgan fingerprint density at radius 1 is 1.41 bits per heavy atom. The van der Waals surface area contributed by atoms with Crippen molar-refractivity contribution in [3.8, 4) is 0 Å². The Labute approximate surface area is 134 Å². The fraction of sp³-hybridized carbons (Fsp3) is 0.867. The molecule has 1 rings (SSSR count). The highest BCUT2D eigenvalue weighted by Crippen LogP contribution is 2.36. The summed E-state index contributed by atoms with van der Waals surface area (Å²) in [7, 11) is -1.86. The van der Waals surface area contributed by atoms with Crippen molar-refractivity contribution in [1.29, 1.82) is 0 Å². The Kier molecular flexibility index (Phi) is 6.58. The molecule has 0 spiro atoms. The lowest BCUT2D eigenvalue weighted by molar-refractivity contribution is -0.130. The van der Waals surface area contributed by atoms with Crippen LogP contribution in [-0.4, -0.2) is 46.0 Å². The Bertz CT molecular complexity index is 401. The molecule has 0 saturated carbocycles. The smallest absolute Gasteiger partial charge is 0.240 e. The van der Waals surface area contributed by atoms with E-state index in [2.05, 4.69) is 39.2 Å². The second-order valence-electron chi connectivity index (χ2n) is 7.42.